The summed E-state index contributed by atoms with van der Waals surface area (Å²) in [7, 11) is -3.80. The van der Waals surface area contributed by atoms with Gasteiger partial charge in [-0.25, -0.2) is 13.6 Å². The molecule has 0 aromatic heterocycles. The van der Waals surface area contributed by atoms with E-state index in [0.29, 0.717) is 12.2 Å². The van der Waals surface area contributed by atoms with Gasteiger partial charge < -0.3 is 5.32 Å². The van der Waals surface area contributed by atoms with E-state index in [1.54, 1.807) is 6.07 Å². The number of nitrogens with two attached hydrogens (primary N) is 1. The molecule has 1 heterocycles. The van der Waals surface area contributed by atoms with Gasteiger partial charge in [0.15, 0.2) is 0 Å². The number of sulfonamides is 1. The maximum atomic E-state index is 11.4. The predicted octanol–water partition coefficient (Wildman–Crippen LogP) is 2.07. The minimum absolute atomic E-state index is 0.0495. The van der Waals surface area contributed by atoms with Crippen LogP contribution in [0, 0.1) is 11.3 Å². The average Bonchev–Trinajstić information content (AvgIpc) is 2.64. The molecule has 0 saturated carbocycles. The van der Waals surface area contributed by atoms with Crippen LogP contribution in [-0.2, 0) is 23.0 Å². The molecule has 0 amide bonds. The minimum Gasteiger partial charge on any atom is -0.384 e. The van der Waals surface area contributed by atoms with Gasteiger partial charge in [-0.1, -0.05) is 24.3 Å². The third kappa shape index (κ3) is 4.41. The molecule has 0 aliphatic carbocycles. The SMILES string of the molecule is N#Cc1cc(S(N)(=O)=O)ccc1NCCCN1CCc2ccccc2C1. The number of nitrogens with one attached hydrogen (secondary N) is 1. The molecule has 26 heavy (non-hydrogen) atoms. The van der Waals surface area contributed by atoms with Crippen molar-refractivity contribution in [3.8, 4) is 6.07 Å². The molecule has 0 atom stereocenters. The van der Waals surface area contributed by atoms with E-state index in [1.807, 2.05) is 6.07 Å². The van der Waals surface area contributed by atoms with Crippen LogP contribution in [0.25, 0.3) is 0 Å². The maximum Gasteiger partial charge on any atom is 0.238 e. The van der Waals surface area contributed by atoms with Gasteiger partial charge in [0.1, 0.15) is 6.07 Å². The first kappa shape index (κ1) is 18.4. The van der Waals surface area contributed by atoms with Crippen LogP contribution in [0.1, 0.15) is 23.1 Å². The molecule has 1 aliphatic rings. The summed E-state index contributed by atoms with van der Waals surface area (Å²) in [4.78, 5) is 2.38. The number of hydrogen-bond acceptors (Lipinski definition) is 5. The Labute approximate surface area is 154 Å². The standard InChI is InChI=1S/C19H22N4O2S/c20-13-17-12-18(26(21,24)25)6-7-19(17)22-9-3-10-23-11-8-15-4-1-2-5-16(15)14-23/h1-2,4-7,12,22H,3,8-11,14H2,(H2,21,24,25). The number of nitriles is 1. The lowest BCUT2D eigenvalue weighted by Gasteiger charge is -2.28. The van der Waals surface area contributed by atoms with Gasteiger partial charge in [-0.05, 0) is 42.2 Å². The van der Waals surface area contributed by atoms with Crippen LogP contribution in [0.15, 0.2) is 47.4 Å². The summed E-state index contributed by atoms with van der Waals surface area (Å²) in [6, 6.07) is 14.9. The van der Waals surface area contributed by atoms with E-state index >= 15 is 0 Å². The van der Waals surface area contributed by atoms with Gasteiger partial charge >= 0.3 is 0 Å². The monoisotopic (exact) mass is 370 g/mol. The van der Waals surface area contributed by atoms with Gasteiger partial charge in [-0.3, -0.25) is 4.90 Å². The van der Waals surface area contributed by atoms with Gasteiger partial charge in [-0.2, -0.15) is 5.26 Å². The molecule has 2 aromatic rings. The van der Waals surface area contributed by atoms with Gasteiger partial charge in [0.2, 0.25) is 10.0 Å². The maximum absolute atomic E-state index is 11.4. The van der Waals surface area contributed by atoms with Crippen LogP contribution in [0.4, 0.5) is 5.69 Å². The summed E-state index contributed by atoms with van der Waals surface area (Å²) in [5.74, 6) is 0. The minimum atomic E-state index is -3.80. The summed E-state index contributed by atoms with van der Waals surface area (Å²) in [6.07, 6.45) is 2.02. The van der Waals surface area contributed by atoms with E-state index in [9.17, 15) is 13.7 Å². The number of rotatable bonds is 6. The lowest BCUT2D eigenvalue weighted by Crippen LogP contribution is -2.32. The summed E-state index contributed by atoms with van der Waals surface area (Å²) in [5.41, 5.74) is 3.75. The number of primary sulfonamides is 1. The quantitative estimate of drug-likeness (QED) is 0.758. The lowest BCUT2D eigenvalue weighted by molar-refractivity contribution is 0.253. The van der Waals surface area contributed by atoms with E-state index in [1.165, 1.54) is 23.3 Å². The lowest BCUT2D eigenvalue weighted by atomic mass is 10.00. The smallest absolute Gasteiger partial charge is 0.238 e. The van der Waals surface area contributed by atoms with Gasteiger partial charge in [0.25, 0.3) is 0 Å². The third-order valence-electron chi connectivity index (χ3n) is 4.62. The molecule has 3 rings (SSSR count). The second kappa shape index (κ2) is 7.87. The Kier molecular flexibility index (Phi) is 5.57. The molecule has 0 bridgehead atoms. The molecule has 0 radical (unpaired) electrons. The van der Waals surface area contributed by atoms with Crippen molar-refractivity contribution >= 4 is 15.7 Å². The Bertz CT molecular complexity index is 935. The van der Waals surface area contributed by atoms with Gasteiger partial charge in [0.05, 0.1) is 16.1 Å². The van der Waals surface area contributed by atoms with E-state index in [-0.39, 0.29) is 10.5 Å². The van der Waals surface area contributed by atoms with Crippen LogP contribution in [0.5, 0.6) is 0 Å². The first-order valence-electron chi connectivity index (χ1n) is 8.57. The highest BCUT2D eigenvalue weighted by Gasteiger charge is 2.15. The number of anilines is 1. The zero-order chi connectivity index (χ0) is 18.6. The largest absolute Gasteiger partial charge is 0.384 e. The van der Waals surface area contributed by atoms with Crippen LogP contribution < -0.4 is 10.5 Å². The number of fused-ring (bicyclic) bond motifs is 1. The van der Waals surface area contributed by atoms with Gasteiger partial charge in [0, 0.05) is 26.2 Å². The number of benzene rings is 2. The highest BCUT2D eigenvalue weighted by Crippen LogP contribution is 2.20. The molecular formula is C19H22N4O2S. The predicted molar refractivity (Wildman–Crippen MR) is 101 cm³/mol. The zero-order valence-corrected chi connectivity index (χ0v) is 15.3. The molecule has 2 aromatic carbocycles. The van der Waals surface area contributed by atoms with Crippen LogP contribution >= 0.6 is 0 Å². The van der Waals surface area contributed by atoms with Crippen molar-refractivity contribution in [2.45, 2.75) is 24.3 Å². The molecule has 0 unspecified atom stereocenters. The fourth-order valence-corrected chi connectivity index (χ4v) is 3.76. The van der Waals surface area contributed by atoms with E-state index in [4.69, 9.17) is 5.14 Å². The summed E-state index contributed by atoms with van der Waals surface area (Å²) in [5, 5.41) is 17.6. The molecule has 1 aliphatic heterocycles. The molecule has 3 N–H and O–H groups in total. The van der Waals surface area contributed by atoms with Crippen molar-refractivity contribution in [3.63, 3.8) is 0 Å². The molecule has 0 saturated heterocycles. The number of hydrogen-bond donors (Lipinski definition) is 2. The second-order valence-electron chi connectivity index (χ2n) is 6.44. The van der Waals surface area contributed by atoms with Crippen molar-refractivity contribution in [1.82, 2.24) is 4.90 Å². The third-order valence-corrected chi connectivity index (χ3v) is 5.53. The molecule has 136 valence electrons. The van der Waals surface area contributed by atoms with Crippen molar-refractivity contribution in [1.29, 1.82) is 5.26 Å². The van der Waals surface area contributed by atoms with E-state index in [2.05, 4.69) is 34.5 Å². The van der Waals surface area contributed by atoms with Crippen molar-refractivity contribution in [2.75, 3.05) is 25.0 Å². The van der Waals surface area contributed by atoms with Gasteiger partial charge in [-0.15, -0.1) is 0 Å². The Morgan fingerprint density at radius 1 is 1.19 bits per heavy atom. The Morgan fingerprint density at radius 3 is 2.69 bits per heavy atom. The summed E-state index contributed by atoms with van der Waals surface area (Å²) < 4.78 is 22.8. The van der Waals surface area contributed by atoms with Crippen LogP contribution in [0.3, 0.4) is 0 Å². The van der Waals surface area contributed by atoms with Crippen molar-refractivity contribution in [3.05, 3.63) is 59.2 Å². The first-order valence-corrected chi connectivity index (χ1v) is 10.1. The highest BCUT2D eigenvalue weighted by atomic mass is 32.2. The summed E-state index contributed by atoms with van der Waals surface area (Å²) >= 11 is 0. The fraction of sp³-hybridized carbons (Fsp3) is 0.316. The van der Waals surface area contributed by atoms with Crippen molar-refractivity contribution in [2.24, 2.45) is 5.14 Å². The van der Waals surface area contributed by atoms with Crippen molar-refractivity contribution < 1.29 is 8.42 Å². The molecule has 0 spiro atoms. The van der Waals surface area contributed by atoms with E-state index < -0.39 is 10.0 Å². The van der Waals surface area contributed by atoms with Crippen LogP contribution in [-0.4, -0.2) is 33.0 Å². The average molecular weight is 370 g/mol. The number of nitrogens with zero attached hydrogens (tertiary/aromatic N) is 2. The van der Waals surface area contributed by atoms with Crippen LogP contribution in [0.2, 0.25) is 0 Å². The Balaban J connectivity index is 1.52. The summed E-state index contributed by atoms with van der Waals surface area (Å²) in [6.45, 7) is 3.71. The molecule has 6 nitrogen and oxygen atoms in total. The zero-order valence-electron chi connectivity index (χ0n) is 14.5. The molecule has 7 heteroatoms. The highest BCUT2D eigenvalue weighted by molar-refractivity contribution is 7.89. The Morgan fingerprint density at radius 2 is 1.96 bits per heavy atom. The topological polar surface area (TPSA) is 99.2 Å². The second-order valence-corrected chi connectivity index (χ2v) is 8.00. The first-order chi connectivity index (χ1) is 12.5. The molecule has 0 fully saturated rings. The fourth-order valence-electron chi connectivity index (χ4n) is 3.22. The van der Waals surface area contributed by atoms with E-state index in [0.717, 1.165) is 32.5 Å². The normalized spacial score (nSPS) is 14.5. The Hall–Kier alpha value is -2.40. The molecular weight excluding hydrogens is 348 g/mol.